The van der Waals surface area contributed by atoms with Crippen LogP contribution in [-0.2, 0) is 4.79 Å². The van der Waals surface area contributed by atoms with Gasteiger partial charge in [-0.1, -0.05) is 31.9 Å². The van der Waals surface area contributed by atoms with Gasteiger partial charge in [0.15, 0.2) is 0 Å². The maximum absolute atomic E-state index is 12.6. The molecule has 3 saturated carbocycles. The molecule has 2 bridgehead atoms. The van der Waals surface area contributed by atoms with E-state index in [1.54, 1.807) is 0 Å². The molecular weight excluding hydrogens is 224 g/mol. The Morgan fingerprint density at radius 1 is 1.44 bits per heavy atom. The second kappa shape index (κ2) is 4.19. The van der Waals surface area contributed by atoms with Gasteiger partial charge in [0, 0.05) is 17.8 Å². The highest BCUT2D eigenvalue weighted by Crippen LogP contribution is 2.67. The van der Waals surface area contributed by atoms with Gasteiger partial charge in [0.05, 0.1) is 6.10 Å². The highest BCUT2D eigenvalue weighted by atomic mass is 16.3. The number of ketones is 1. The van der Waals surface area contributed by atoms with Crippen LogP contribution in [0.4, 0.5) is 0 Å². The van der Waals surface area contributed by atoms with Crippen molar-refractivity contribution in [1.82, 2.24) is 0 Å². The van der Waals surface area contributed by atoms with Gasteiger partial charge in [-0.25, -0.2) is 0 Å². The van der Waals surface area contributed by atoms with Crippen molar-refractivity contribution >= 4 is 5.78 Å². The molecule has 3 aliphatic carbocycles. The molecule has 5 atom stereocenters. The molecule has 18 heavy (non-hydrogen) atoms. The Morgan fingerprint density at radius 3 is 2.94 bits per heavy atom. The first-order valence-electron chi connectivity index (χ1n) is 7.53. The number of aliphatic hydroxyl groups excluding tert-OH is 1. The standard InChI is InChI=1S/C16H24O2/c1-3-4-5-12-11-6-7-14(18)16(12)9-8-13(17)15(16)10(11)2/h11-13,15,17H,2-9H2,1H3/t11-,12-,13?,15?,16?/m1/s1. The van der Waals surface area contributed by atoms with Gasteiger partial charge in [-0.3, -0.25) is 4.79 Å². The van der Waals surface area contributed by atoms with Gasteiger partial charge in [-0.15, -0.1) is 0 Å². The van der Waals surface area contributed by atoms with Crippen molar-refractivity contribution in [2.75, 3.05) is 0 Å². The normalized spacial score (nSPS) is 46.6. The Labute approximate surface area is 109 Å². The molecule has 2 heteroatoms. The first-order chi connectivity index (χ1) is 8.63. The van der Waals surface area contributed by atoms with E-state index < -0.39 is 0 Å². The van der Waals surface area contributed by atoms with Gasteiger partial charge in [-0.2, -0.15) is 0 Å². The van der Waals surface area contributed by atoms with E-state index in [0.717, 1.165) is 32.1 Å². The van der Waals surface area contributed by atoms with E-state index in [2.05, 4.69) is 13.5 Å². The SMILES string of the molecule is C=C1C2C(O)CCC23C(=O)CC[C@H]1[C@H]3CCCC. The summed E-state index contributed by atoms with van der Waals surface area (Å²) in [6.45, 7) is 6.47. The second-order valence-corrected chi connectivity index (χ2v) is 6.52. The predicted molar refractivity (Wildman–Crippen MR) is 71.0 cm³/mol. The Morgan fingerprint density at radius 2 is 2.22 bits per heavy atom. The first kappa shape index (κ1) is 12.4. The van der Waals surface area contributed by atoms with Crippen LogP contribution in [0.3, 0.4) is 0 Å². The molecule has 1 N–H and O–H groups in total. The topological polar surface area (TPSA) is 37.3 Å². The summed E-state index contributed by atoms with van der Waals surface area (Å²) in [6.07, 6.45) is 6.63. The fourth-order valence-corrected chi connectivity index (χ4v) is 5.20. The third-order valence-electron chi connectivity index (χ3n) is 5.89. The Balaban J connectivity index is 2.00. The van der Waals surface area contributed by atoms with Crippen LogP contribution in [0.15, 0.2) is 12.2 Å². The summed E-state index contributed by atoms with van der Waals surface area (Å²) in [5, 5.41) is 10.3. The van der Waals surface area contributed by atoms with E-state index in [-0.39, 0.29) is 17.4 Å². The maximum Gasteiger partial charge on any atom is 0.140 e. The van der Waals surface area contributed by atoms with Crippen molar-refractivity contribution < 1.29 is 9.90 Å². The van der Waals surface area contributed by atoms with Crippen molar-refractivity contribution in [3.05, 3.63) is 12.2 Å². The minimum absolute atomic E-state index is 0.0827. The van der Waals surface area contributed by atoms with Crippen LogP contribution in [0, 0.1) is 23.2 Å². The average molecular weight is 248 g/mol. The van der Waals surface area contributed by atoms with Crippen molar-refractivity contribution in [2.45, 2.75) is 58.0 Å². The first-order valence-corrected chi connectivity index (χ1v) is 7.53. The van der Waals surface area contributed by atoms with Crippen LogP contribution in [0.5, 0.6) is 0 Å². The minimum Gasteiger partial charge on any atom is -0.392 e. The van der Waals surface area contributed by atoms with E-state index in [9.17, 15) is 9.90 Å². The van der Waals surface area contributed by atoms with E-state index in [4.69, 9.17) is 0 Å². The van der Waals surface area contributed by atoms with Crippen LogP contribution < -0.4 is 0 Å². The zero-order valence-corrected chi connectivity index (χ0v) is 11.3. The third-order valence-corrected chi connectivity index (χ3v) is 5.89. The lowest BCUT2D eigenvalue weighted by molar-refractivity contribution is -0.136. The van der Waals surface area contributed by atoms with Gasteiger partial charge < -0.3 is 5.11 Å². The molecule has 1 spiro atoms. The number of hydrogen-bond donors (Lipinski definition) is 1. The van der Waals surface area contributed by atoms with E-state index >= 15 is 0 Å². The number of rotatable bonds is 3. The summed E-state index contributed by atoms with van der Waals surface area (Å²) in [7, 11) is 0. The molecule has 2 nitrogen and oxygen atoms in total. The summed E-state index contributed by atoms with van der Waals surface area (Å²) < 4.78 is 0. The van der Waals surface area contributed by atoms with Crippen molar-refractivity contribution in [3.63, 3.8) is 0 Å². The molecule has 3 unspecified atom stereocenters. The van der Waals surface area contributed by atoms with Crippen LogP contribution in [0.2, 0.25) is 0 Å². The van der Waals surface area contributed by atoms with Gasteiger partial charge >= 0.3 is 0 Å². The third kappa shape index (κ3) is 1.36. The number of Topliss-reactive ketones (excluding diaryl/α,β-unsaturated/α-hetero) is 1. The van der Waals surface area contributed by atoms with Crippen LogP contribution in [0.25, 0.3) is 0 Å². The molecule has 3 rings (SSSR count). The molecule has 0 aromatic rings. The minimum atomic E-state index is -0.311. The van der Waals surface area contributed by atoms with Crippen molar-refractivity contribution in [3.8, 4) is 0 Å². The molecular formula is C16H24O2. The molecule has 0 saturated heterocycles. The van der Waals surface area contributed by atoms with Gasteiger partial charge in [0.2, 0.25) is 0 Å². The smallest absolute Gasteiger partial charge is 0.140 e. The number of unbranched alkanes of at least 4 members (excludes halogenated alkanes) is 1. The van der Waals surface area contributed by atoms with Crippen molar-refractivity contribution in [1.29, 1.82) is 0 Å². The molecule has 0 aliphatic heterocycles. The number of carbonyl (C=O) groups is 1. The summed E-state index contributed by atoms with van der Waals surface area (Å²) in [6, 6.07) is 0. The molecule has 0 radical (unpaired) electrons. The van der Waals surface area contributed by atoms with Crippen LogP contribution in [0.1, 0.15) is 51.9 Å². The highest BCUT2D eigenvalue weighted by molar-refractivity contribution is 5.88. The fraction of sp³-hybridized carbons (Fsp3) is 0.812. The van der Waals surface area contributed by atoms with Gasteiger partial charge in [0.25, 0.3) is 0 Å². The molecule has 100 valence electrons. The number of hydrogen-bond acceptors (Lipinski definition) is 2. The quantitative estimate of drug-likeness (QED) is 0.779. The van der Waals surface area contributed by atoms with Gasteiger partial charge in [-0.05, 0) is 37.5 Å². The zero-order chi connectivity index (χ0) is 12.9. The zero-order valence-electron chi connectivity index (χ0n) is 11.3. The summed E-state index contributed by atoms with van der Waals surface area (Å²) in [4.78, 5) is 12.6. The van der Waals surface area contributed by atoms with E-state index in [1.807, 2.05) is 0 Å². The lowest BCUT2D eigenvalue weighted by Gasteiger charge is -2.39. The second-order valence-electron chi connectivity index (χ2n) is 6.52. The monoisotopic (exact) mass is 248 g/mol. The highest BCUT2D eigenvalue weighted by Gasteiger charge is 2.66. The number of fused-ring (bicyclic) bond motifs is 1. The summed E-state index contributed by atoms with van der Waals surface area (Å²) >= 11 is 0. The van der Waals surface area contributed by atoms with E-state index in [0.29, 0.717) is 17.6 Å². The molecule has 0 heterocycles. The molecule has 0 amide bonds. The Kier molecular flexibility index (Phi) is 2.89. The molecule has 3 aliphatic rings. The Hall–Kier alpha value is -0.630. The van der Waals surface area contributed by atoms with Crippen molar-refractivity contribution in [2.24, 2.45) is 23.2 Å². The lowest BCUT2D eigenvalue weighted by Crippen LogP contribution is -2.42. The van der Waals surface area contributed by atoms with Gasteiger partial charge in [0.1, 0.15) is 5.78 Å². The lowest BCUT2D eigenvalue weighted by atomic mass is 9.63. The predicted octanol–water partition coefficient (Wildman–Crippen LogP) is 3.10. The number of carbonyl (C=O) groups excluding carboxylic acids is 1. The summed E-state index contributed by atoms with van der Waals surface area (Å²) in [5.74, 6) is 1.50. The molecule has 3 fully saturated rings. The van der Waals surface area contributed by atoms with E-state index in [1.165, 1.54) is 18.4 Å². The van der Waals surface area contributed by atoms with Crippen LogP contribution in [-0.4, -0.2) is 17.0 Å². The average Bonchev–Trinajstić information content (AvgIpc) is 2.77. The van der Waals surface area contributed by atoms with Crippen LogP contribution >= 0.6 is 0 Å². The number of aliphatic hydroxyl groups is 1. The maximum atomic E-state index is 12.6. The molecule has 0 aromatic heterocycles. The Bertz CT molecular complexity index is 387. The largest absolute Gasteiger partial charge is 0.392 e. The molecule has 0 aromatic carbocycles. The summed E-state index contributed by atoms with van der Waals surface area (Å²) in [5.41, 5.74) is 0.987. The fourth-order valence-electron chi connectivity index (χ4n) is 5.20.